The summed E-state index contributed by atoms with van der Waals surface area (Å²) in [5.41, 5.74) is 13.2. The maximum atomic E-state index is 12.8. The van der Waals surface area contributed by atoms with Crippen molar-refractivity contribution in [2.24, 2.45) is 11.5 Å². The summed E-state index contributed by atoms with van der Waals surface area (Å²) in [7, 11) is 0. The molecule has 0 saturated heterocycles. The Morgan fingerprint density at radius 3 is 1.21 bits per heavy atom. The molecule has 0 aliphatic heterocycles. The Morgan fingerprint density at radius 1 is 0.595 bits per heavy atom. The fourth-order valence-electron chi connectivity index (χ4n) is 4.06. The van der Waals surface area contributed by atoms with Crippen molar-refractivity contribution in [1.82, 2.24) is 10.6 Å². The lowest BCUT2D eigenvalue weighted by atomic mass is 10.0. The molecule has 222 valence electrons. The molecule has 0 heterocycles. The van der Waals surface area contributed by atoms with E-state index in [0.717, 1.165) is 35.5 Å². The van der Waals surface area contributed by atoms with E-state index in [0.29, 0.717) is 13.2 Å². The highest BCUT2D eigenvalue weighted by Gasteiger charge is 2.22. The first-order chi connectivity index (χ1) is 20.2. The van der Waals surface area contributed by atoms with Gasteiger partial charge < -0.3 is 31.6 Å². The molecule has 3 aromatic rings. The Bertz CT molecular complexity index is 1240. The minimum absolute atomic E-state index is 0.207. The van der Waals surface area contributed by atoms with Gasteiger partial charge in [0.05, 0.1) is 13.2 Å². The van der Waals surface area contributed by atoms with Crippen LogP contribution in [0.3, 0.4) is 0 Å². The molecular weight excluding hydrogens is 536 g/mol. The molecule has 0 spiro atoms. The number of primary amides is 2. The highest BCUT2D eigenvalue weighted by atomic mass is 16.5. The van der Waals surface area contributed by atoms with Gasteiger partial charge in [-0.1, -0.05) is 38.1 Å². The normalized spacial score (nSPS) is 12.0. The molecule has 0 saturated carbocycles. The Balaban J connectivity index is 1.59. The van der Waals surface area contributed by atoms with Gasteiger partial charge in [-0.05, 0) is 72.5 Å². The van der Waals surface area contributed by atoms with Crippen molar-refractivity contribution in [3.8, 4) is 11.5 Å². The van der Waals surface area contributed by atoms with Crippen LogP contribution in [0.2, 0.25) is 0 Å². The summed E-state index contributed by atoms with van der Waals surface area (Å²) in [6, 6.07) is 18.4. The quantitative estimate of drug-likeness (QED) is 0.206. The van der Waals surface area contributed by atoms with E-state index >= 15 is 0 Å². The molecule has 10 nitrogen and oxygen atoms in total. The number of hydrogen-bond donors (Lipinski definition) is 4. The van der Waals surface area contributed by atoms with Crippen LogP contribution in [-0.2, 0) is 22.4 Å². The van der Waals surface area contributed by atoms with Crippen LogP contribution in [0.5, 0.6) is 11.5 Å². The SMILES string of the molecule is CCCOc1ccc(CC(NC(=O)c2ccc(C(=O)NC(Cc3ccc(OCCC)cc3)C(N)=O)cc2)C(N)=O)cc1. The number of ether oxygens (including phenoxy) is 2. The molecule has 3 rings (SSSR count). The van der Waals surface area contributed by atoms with Crippen LogP contribution in [0.25, 0.3) is 0 Å². The third-order valence-corrected chi connectivity index (χ3v) is 6.38. The number of carbonyl (C=O) groups excluding carboxylic acids is 4. The summed E-state index contributed by atoms with van der Waals surface area (Å²) in [5, 5.41) is 5.31. The van der Waals surface area contributed by atoms with E-state index in [2.05, 4.69) is 10.6 Å². The zero-order valence-electron chi connectivity index (χ0n) is 23.9. The molecule has 42 heavy (non-hydrogen) atoms. The van der Waals surface area contributed by atoms with Crippen LogP contribution in [0.1, 0.15) is 58.5 Å². The van der Waals surface area contributed by atoms with E-state index in [1.54, 1.807) is 24.3 Å². The second-order valence-electron chi connectivity index (χ2n) is 9.83. The van der Waals surface area contributed by atoms with Gasteiger partial charge in [-0.15, -0.1) is 0 Å². The number of hydrogen-bond acceptors (Lipinski definition) is 6. The number of benzene rings is 3. The molecule has 0 radical (unpaired) electrons. The van der Waals surface area contributed by atoms with Gasteiger partial charge in [0.2, 0.25) is 11.8 Å². The third kappa shape index (κ3) is 9.65. The minimum Gasteiger partial charge on any atom is -0.494 e. The Labute approximate surface area is 245 Å². The van der Waals surface area contributed by atoms with Crippen LogP contribution in [-0.4, -0.2) is 48.9 Å². The van der Waals surface area contributed by atoms with Crippen molar-refractivity contribution in [1.29, 1.82) is 0 Å². The fraction of sp³-hybridized carbons (Fsp3) is 0.312. The zero-order chi connectivity index (χ0) is 30.5. The topological polar surface area (TPSA) is 163 Å². The maximum absolute atomic E-state index is 12.8. The van der Waals surface area contributed by atoms with Crippen molar-refractivity contribution in [2.75, 3.05) is 13.2 Å². The number of carbonyl (C=O) groups is 4. The van der Waals surface area contributed by atoms with Crippen LogP contribution in [0, 0.1) is 0 Å². The first kappa shape index (κ1) is 31.7. The molecule has 0 bridgehead atoms. The van der Waals surface area contributed by atoms with Crippen LogP contribution < -0.4 is 31.6 Å². The summed E-state index contributed by atoms with van der Waals surface area (Å²) in [6.45, 7) is 5.25. The van der Waals surface area contributed by atoms with E-state index in [1.807, 2.05) is 38.1 Å². The van der Waals surface area contributed by atoms with Gasteiger partial charge in [0.25, 0.3) is 11.8 Å². The molecule has 0 aliphatic carbocycles. The molecule has 0 fully saturated rings. The molecule has 6 N–H and O–H groups in total. The predicted molar refractivity (Wildman–Crippen MR) is 159 cm³/mol. The molecule has 0 aromatic heterocycles. The highest BCUT2D eigenvalue weighted by molar-refractivity contribution is 6.00. The monoisotopic (exact) mass is 574 g/mol. The van der Waals surface area contributed by atoms with Gasteiger partial charge >= 0.3 is 0 Å². The van der Waals surface area contributed by atoms with E-state index in [4.69, 9.17) is 20.9 Å². The molecule has 3 aromatic carbocycles. The van der Waals surface area contributed by atoms with Crippen molar-refractivity contribution < 1.29 is 28.7 Å². The summed E-state index contributed by atoms with van der Waals surface area (Å²) < 4.78 is 11.1. The number of rotatable bonds is 16. The standard InChI is InChI=1S/C32H38N4O6/c1-3-17-41-25-13-5-21(6-14-25)19-27(29(33)37)35-31(39)23-9-11-24(12-10-23)32(40)36-28(30(34)38)20-22-7-15-26(16-8-22)42-18-4-2/h5-16,27-28H,3-4,17-20H2,1-2H3,(H2,33,37)(H2,34,38)(H,35,39)(H,36,40). The molecule has 2 atom stereocenters. The first-order valence-corrected chi connectivity index (χ1v) is 13.9. The van der Waals surface area contributed by atoms with Gasteiger partial charge in [-0.25, -0.2) is 0 Å². The first-order valence-electron chi connectivity index (χ1n) is 13.9. The highest BCUT2D eigenvalue weighted by Crippen LogP contribution is 2.16. The van der Waals surface area contributed by atoms with E-state index in [1.165, 1.54) is 24.3 Å². The molecular formula is C32H38N4O6. The number of amides is 4. The summed E-state index contributed by atoms with van der Waals surface area (Å²) in [4.78, 5) is 49.8. The Morgan fingerprint density at radius 2 is 0.929 bits per heavy atom. The van der Waals surface area contributed by atoms with Gasteiger partial charge in [0.1, 0.15) is 23.6 Å². The molecule has 2 unspecified atom stereocenters. The van der Waals surface area contributed by atoms with Gasteiger partial charge in [0, 0.05) is 24.0 Å². The average molecular weight is 575 g/mol. The lowest BCUT2D eigenvalue weighted by molar-refractivity contribution is -0.120. The zero-order valence-corrected chi connectivity index (χ0v) is 23.9. The largest absolute Gasteiger partial charge is 0.494 e. The van der Waals surface area contributed by atoms with E-state index < -0.39 is 35.7 Å². The smallest absolute Gasteiger partial charge is 0.251 e. The third-order valence-electron chi connectivity index (χ3n) is 6.38. The second kappa shape index (κ2) is 15.8. The van der Waals surface area contributed by atoms with Gasteiger partial charge in [-0.3, -0.25) is 19.2 Å². The molecule has 10 heteroatoms. The summed E-state index contributed by atoms with van der Waals surface area (Å²) >= 11 is 0. The summed E-state index contributed by atoms with van der Waals surface area (Å²) in [6.07, 6.45) is 2.20. The Kier molecular flexibility index (Phi) is 11.9. The average Bonchev–Trinajstić information content (AvgIpc) is 2.99. The predicted octanol–water partition coefficient (Wildman–Crippen LogP) is 2.92. The van der Waals surface area contributed by atoms with E-state index in [9.17, 15) is 19.2 Å². The van der Waals surface area contributed by atoms with Crippen molar-refractivity contribution in [3.05, 3.63) is 95.1 Å². The fourth-order valence-corrected chi connectivity index (χ4v) is 4.06. The number of nitrogens with two attached hydrogens (primary N) is 2. The molecule has 4 amide bonds. The van der Waals surface area contributed by atoms with Gasteiger partial charge in [-0.2, -0.15) is 0 Å². The van der Waals surface area contributed by atoms with Crippen LogP contribution in [0.15, 0.2) is 72.8 Å². The lowest BCUT2D eigenvalue weighted by Crippen LogP contribution is -2.46. The summed E-state index contributed by atoms with van der Waals surface area (Å²) in [5.74, 6) is -0.946. The van der Waals surface area contributed by atoms with Crippen LogP contribution >= 0.6 is 0 Å². The van der Waals surface area contributed by atoms with Crippen molar-refractivity contribution in [2.45, 2.75) is 51.6 Å². The van der Waals surface area contributed by atoms with Gasteiger partial charge in [0.15, 0.2) is 0 Å². The molecule has 0 aliphatic rings. The van der Waals surface area contributed by atoms with E-state index in [-0.39, 0.29) is 24.0 Å². The minimum atomic E-state index is -0.938. The maximum Gasteiger partial charge on any atom is 0.251 e. The Hall–Kier alpha value is -4.86. The lowest BCUT2D eigenvalue weighted by Gasteiger charge is -2.17. The van der Waals surface area contributed by atoms with Crippen molar-refractivity contribution >= 4 is 23.6 Å². The second-order valence-corrected chi connectivity index (χ2v) is 9.83. The van der Waals surface area contributed by atoms with Crippen molar-refractivity contribution in [3.63, 3.8) is 0 Å². The number of nitrogens with one attached hydrogen (secondary N) is 2. The van der Waals surface area contributed by atoms with Crippen LogP contribution in [0.4, 0.5) is 0 Å².